The van der Waals surface area contributed by atoms with Crippen molar-refractivity contribution < 1.29 is 13.9 Å². The maximum Gasteiger partial charge on any atom is 0.302 e. The maximum atomic E-state index is 10.4. The first-order valence-corrected chi connectivity index (χ1v) is 5.28. The third-order valence-corrected chi connectivity index (χ3v) is 1.66. The fourth-order valence-electron chi connectivity index (χ4n) is 0.938. The number of esters is 1. The fraction of sp³-hybridized carbons (Fsp3) is 0.133. The minimum absolute atomic E-state index is 0.232. The van der Waals surface area contributed by atoms with Crippen LogP contribution in [0.15, 0.2) is 41.0 Å². The lowest BCUT2D eigenvalue weighted by Gasteiger charge is -1.91. The number of carbonyl (C=O) groups is 1. The smallest absolute Gasteiger partial charge is 0.302 e. The topological polar surface area (TPSA) is 39.4 Å². The minimum atomic E-state index is -0.310. The first-order valence-electron chi connectivity index (χ1n) is 5.28. The van der Waals surface area contributed by atoms with Gasteiger partial charge in [-0.25, -0.2) is 0 Å². The van der Waals surface area contributed by atoms with Crippen molar-refractivity contribution >= 4 is 12.0 Å². The second-order valence-corrected chi connectivity index (χ2v) is 3.09. The van der Waals surface area contributed by atoms with E-state index in [0.29, 0.717) is 0 Å². The van der Waals surface area contributed by atoms with Crippen LogP contribution in [-0.4, -0.2) is 12.6 Å². The quantitative estimate of drug-likeness (QED) is 0.601. The number of hydrogen-bond acceptors (Lipinski definition) is 3. The lowest BCUT2D eigenvalue weighted by molar-refractivity contribution is -0.139. The summed E-state index contributed by atoms with van der Waals surface area (Å²) in [7, 11) is 0. The first-order chi connectivity index (χ1) is 8.79. The van der Waals surface area contributed by atoms with E-state index in [4.69, 9.17) is 4.42 Å². The van der Waals surface area contributed by atoms with Crippen LogP contribution in [-0.2, 0) is 9.53 Å². The zero-order valence-electron chi connectivity index (χ0n) is 9.97. The molecule has 90 valence electrons. The van der Waals surface area contributed by atoms with E-state index in [1.54, 1.807) is 36.6 Å². The van der Waals surface area contributed by atoms with Crippen LogP contribution < -0.4 is 0 Å². The van der Waals surface area contributed by atoms with Crippen molar-refractivity contribution in [2.75, 3.05) is 6.61 Å². The average molecular weight is 240 g/mol. The van der Waals surface area contributed by atoms with Crippen LogP contribution in [0.25, 0.3) is 6.08 Å². The minimum Gasteiger partial charge on any atom is -0.465 e. The summed E-state index contributed by atoms with van der Waals surface area (Å²) in [5, 5.41) is 0. The lowest BCUT2D eigenvalue weighted by atomic mass is 10.4. The van der Waals surface area contributed by atoms with Gasteiger partial charge in [0.2, 0.25) is 0 Å². The van der Waals surface area contributed by atoms with Gasteiger partial charge in [0.15, 0.2) is 0 Å². The third-order valence-electron chi connectivity index (χ3n) is 1.66. The zero-order valence-corrected chi connectivity index (χ0v) is 9.97. The molecule has 1 aromatic heterocycles. The van der Waals surface area contributed by atoms with Gasteiger partial charge >= 0.3 is 5.97 Å². The molecule has 0 N–H and O–H groups in total. The summed E-state index contributed by atoms with van der Waals surface area (Å²) in [6.45, 7) is 1.59. The molecule has 0 saturated carbocycles. The van der Waals surface area contributed by atoms with E-state index in [0.717, 1.165) is 5.76 Å². The van der Waals surface area contributed by atoms with Crippen molar-refractivity contribution in [1.29, 1.82) is 0 Å². The Labute approximate surface area is 106 Å². The Hall–Kier alpha value is -2.65. The predicted octanol–water partition coefficient (Wildman–Crippen LogP) is 2.42. The van der Waals surface area contributed by atoms with Gasteiger partial charge in [-0.2, -0.15) is 0 Å². The van der Waals surface area contributed by atoms with E-state index in [1.165, 1.54) is 6.92 Å². The molecule has 1 aromatic rings. The highest BCUT2D eigenvalue weighted by molar-refractivity contribution is 5.66. The van der Waals surface area contributed by atoms with Crippen LogP contribution in [0.2, 0.25) is 0 Å². The molecule has 0 aliphatic carbocycles. The molecule has 0 atom stereocenters. The molecule has 1 heterocycles. The van der Waals surface area contributed by atoms with Crippen LogP contribution in [0.1, 0.15) is 12.7 Å². The Morgan fingerprint density at radius 2 is 2.17 bits per heavy atom. The Kier molecular flexibility index (Phi) is 6.33. The summed E-state index contributed by atoms with van der Waals surface area (Å²) in [5.41, 5.74) is 0. The largest absolute Gasteiger partial charge is 0.465 e. The molecular weight excluding hydrogens is 228 g/mol. The van der Waals surface area contributed by atoms with Crippen LogP contribution in [0.5, 0.6) is 0 Å². The summed E-state index contributed by atoms with van der Waals surface area (Å²) >= 11 is 0. The maximum absolute atomic E-state index is 10.4. The molecule has 0 spiro atoms. The molecule has 0 aromatic carbocycles. The van der Waals surface area contributed by atoms with Gasteiger partial charge in [-0.15, -0.1) is 0 Å². The molecule has 18 heavy (non-hydrogen) atoms. The van der Waals surface area contributed by atoms with Crippen molar-refractivity contribution in [2.45, 2.75) is 6.92 Å². The van der Waals surface area contributed by atoms with Gasteiger partial charge in [-0.3, -0.25) is 4.79 Å². The van der Waals surface area contributed by atoms with Gasteiger partial charge in [0.25, 0.3) is 0 Å². The number of ether oxygens (including phenoxy) is 1. The van der Waals surface area contributed by atoms with Gasteiger partial charge in [0, 0.05) is 6.92 Å². The van der Waals surface area contributed by atoms with E-state index >= 15 is 0 Å². The van der Waals surface area contributed by atoms with Gasteiger partial charge in [0.1, 0.15) is 12.4 Å². The molecule has 0 bridgehead atoms. The normalized spacial score (nSPS) is 9.61. The zero-order chi connectivity index (χ0) is 13.1. The number of hydrogen-bond donors (Lipinski definition) is 0. The van der Waals surface area contributed by atoms with Crippen LogP contribution >= 0.6 is 0 Å². The lowest BCUT2D eigenvalue weighted by Crippen LogP contribution is -1.96. The van der Waals surface area contributed by atoms with Crippen molar-refractivity contribution in [3.8, 4) is 23.7 Å². The first kappa shape index (κ1) is 13.4. The Morgan fingerprint density at radius 3 is 2.83 bits per heavy atom. The molecule has 0 fully saturated rings. The second-order valence-electron chi connectivity index (χ2n) is 3.09. The molecule has 0 unspecified atom stereocenters. The van der Waals surface area contributed by atoms with Gasteiger partial charge in [0.05, 0.1) is 6.26 Å². The molecular formula is C15H12O3. The van der Waals surface area contributed by atoms with Crippen molar-refractivity contribution in [1.82, 2.24) is 0 Å². The molecule has 0 saturated heterocycles. The number of carbonyl (C=O) groups excluding carboxylic acids is 1. The Bertz CT molecular complexity index is 540. The van der Waals surface area contributed by atoms with E-state index < -0.39 is 0 Å². The molecule has 3 heteroatoms. The van der Waals surface area contributed by atoms with Crippen molar-refractivity contribution in [2.24, 2.45) is 0 Å². The van der Waals surface area contributed by atoms with E-state index in [9.17, 15) is 4.79 Å². The average Bonchev–Trinajstić information content (AvgIpc) is 2.84. The number of allylic oxidation sites excluding steroid dienone is 2. The predicted molar refractivity (Wildman–Crippen MR) is 69.1 cm³/mol. The molecule has 1 rings (SSSR count). The van der Waals surface area contributed by atoms with E-state index in [1.807, 2.05) is 6.07 Å². The van der Waals surface area contributed by atoms with Gasteiger partial charge in [-0.1, -0.05) is 11.8 Å². The Morgan fingerprint density at radius 1 is 1.39 bits per heavy atom. The highest BCUT2D eigenvalue weighted by atomic mass is 16.5. The third kappa shape index (κ3) is 6.76. The van der Waals surface area contributed by atoms with Crippen molar-refractivity contribution in [3.63, 3.8) is 0 Å². The molecule has 3 nitrogen and oxygen atoms in total. The SMILES string of the molecule is CC(=O)OC/C=C/C#CC#C/C=C/c1ccco1. The monoisotopic (exact) mass is 240 g/mol. The van der Waals surface area contributed by atoms with E-state index in [2.05, 4.69) is 28.4 Å². The van der Waals surface area contributed by atoms with Gasteiger partial charge < -0.3 is 9.15 Å². The summed E-state index contributed by atoms with van der Waals surface area (Å²) in [6.07, 6.45) is 8.25. The molecule has 0 radical (unpaired) electrons. The number of furan rings is 1. The second kappa shape index (κ2) is 8.50. The fourth-order valence-corrected chi connectivity index (χ4v) is 0.938. The van der Waals surface area contributed by atoms with E-state index in [-0.39, 0.29) is 12.6 Å². The molecule has 0 amide bonds. The molecule has 0 aliphatic heterocycles. The summed E-state index contributed by atoms with van der Waals surface area (Å²) < 4.78 is 9.76. The standard InChI is InChI=1S/C15H12O3/c1-14(16)17-12-8-6-4-2-3-5-7-10-15-11-9-13-18-15/h6-11,13H,12H2,1H3/b8-6+,10-7+. The number of rotatable bonds is 3. The summed E-state index contributed by atoms with van der Waals surface area (Å²) in [6, 6.07) is 3.64. The highest BCUT2D eigenvalue weighted by Crippen LogP contribution is 2.00. The summed E-state index contributed by atoms with van der Waals surface area (Å²) in [4.78, 5) is 10.4. The molecule has 0 aliphatic rings. The van der Waals surface area contributed by atoms with Crippen LogP contribution in [0, 0.1) is 23.7 Å². The van der Waals surface area contributed by atoms with Crippen LogP contribution in [0.3, 0.4) is 0 Å². The van der Waals surface area contributed by atoms with Gasteiger partial charge in [-0.05, 0) is 48.3 Å². The van der Waals surface area contributed by atoms with Crippen LogP contribution in [0.4, 0.5) is 0 Å². The Balaban J connectivity index is 2.27. The van der Waals surface area contributed by atoms with Crippen molar-refractivity contribution in [3.05, 3.63) is 42.4 Å². The highest BCUT2D eigenvalue weighted by Gasteiger charge is 1.85. The summed E-state index contributed by atoms with van der Waals surface area (Å²) in [5.74, 6) is 11.2.